The van der Waals surface area contributed by atoms with Gasteiger partial charge in [0.1, 0.15) is 5.82 Å². The number of aryl methyl sites for hydroxylation is 1. The van der Waals surface area contributed by atoms with Crippen molar-refractivity contribution in [1.29, 1.82) is 0 Å². The summed E-state index contributed by atoms with van der Waals surface area (Å²) in [4.78, 5) is 4.01. The van der Waals surface area contributed by atoms with Gasteiger partial charge in [0.25, 0.3) is 0 Å². The summed E-state index contributed by atoms with van der Waals surface area (Å²) in [5, 5.41) is 10.1. The van der Waals surface area contributed by atoms with Crippen molar-refractivity contribution in [3.63, 3.8) is 0 Å². The van der Waals surface area contributed by atoms with Gasteiger partial charge in [-0.2, -0.15) is 0 Å². The molecule has 1 saturated carbocycles. The van der Waals surface area contributed by atoms with Gasteiger partial charge in [-0.25, -0.2) is 4.98 Å². The second-order valence-electron chi connectivity index (χ2n) is 3.77. The molecule has 0 radical (unpaired) electrons. The van der Waals surface area contributed by atoms with E-state index in [1.165, 1.54) is 0 Å². The molecule has 70 valence electrons. The largest absolute Gasteiger partial charge is 0.385 e. The zero-order chi connectivity index (χ0) is 9.47. The maximum Gasteiger partial charge on any atom is 0.129 e. The number of nitrogens with zero attached hydrogens (tertiary/aromatic N) is 1. The molecule has 3 N–H and O–H groups in total. The number of aromatic nitrogens is 1. The Balaban J connectivity index is 2.49. The quantitative estimate of drug-likeness (QED) is 0.682. The molecule has 0 atom stereocenters. The molecular formula is C10H14N2O. The Kier molecular flexibility index (Phi) is 1.77. The SMILES string of the molecule is Cc1ccnc(N)c1C1(O)CCC1. The third-order valence-corrected chi connectivity index (χ3v) is 2.83. The van der Waals surface area contributed by atoms with Crippen molar-refractivity contribution in [1.82, 2.24) is 4.98 Å². The van der Waals surface area contributed by atoms with E-state index in [9.17, 15) is 5.11 Å². The number of rotatable bonds is 1. The Morgan fingerprint density at radius 1 is 1.54 bits per heavy atom. The summed E-state index contributed by atoms with van der Waals surface area (Å²) >= 11 is 0. The van der Waals surface area contributed by atoms with Crippen molar-refractivity contribution >= 4 is 5.82 Å². The maximum absolute atomic E-state index is 10.1. The van der Waals surface area contributed by atoms with Crippen LogP contribution < -0.4 is 5.73 Å². The average Bonchev–Trinajstić information content (AvgIpc) is 2.01. The molecular weight excluding hydrogens is 164 g/mol. The molecule has 1 aromatic rings. The Hall–Kier alpha value is -1.09. The molecule has 1 heterocycles. The van der Waals surface area contributed by atoms with Crippen LogP contribution in [0.4, 0.5) is 5.82 Å². The molecule has 1 fully saturated rings. The molecule has 3 heteroatoms. The Bertz CT molecular complexity index is 311. The second kappa shape index (κ2) is 2.70. The molecule has 0 saturated heterocycles. The highest BCUT2D eigenvalue weighted by atomic mass is 16.3. The number of nitrogen functional groups attached to an aromatic ring is 1. The minimum absolute atomic E-state index is 0.474. The van der Waals surface area contributed by atoms with Crippen LogP contribution in [0.2, 0.25) is 0 Å². The van der Waals surface area contributed by atoms with Gasteiger partial charge in [0, 0.05) is 11.8 Å². The molecule has 3 nitrogen and oxygen atoms in total. The van der Waals surface area contributed by atoms with Crippen molar-refractivity contribution in [2.24, 2.45) is 0 Å². The number of pyridine rings is 1. The fourth-order valence-corrected chi connectivity index (χ4v) is 1.95. The molecule has 0 spiro atoms. The van der Waals surface area contributed by atoms with Gasteiger partial charge in [-0.3, -0.25) is 0 Å². The summed E-state index contributed by atoms with van der Waals surface area (Å²) in [6.45, 7) is 1.96. The summed E-state index contributed by atoms with van der Waals surface area (Å²) < 4.78 is 0. The normalized spacial score (nSPS) is 19.5. The molecule has 1 aromatic heterocycles. The third kappa shape index (κ3) is 1.20. The van der Waals surface area contributed by atoms with E-state index in [4.69, 9.17) is 5.73 Å². The molecule has 0 aromatic carbocycles. The lowest BCUT2D eigenvalue weighted by Gasteiger charge is -2.38. The molecule has 0 aliphatic heterocycles. The summed E-state index contributed by atoms with van der Waals surface area (Å²) in [7, 11) is 0. The number of anilines is 1. The first kappa shape index (κ1) is 8.51. The summed E-state index contributed by atoms with van der Waals surface area (Å²) in [5.74, 6) is 0.474. The molecule has 0 amide bonds. The van der Waals surface area contributed by atoms with Crippen molar-refractivity contribution in [2.75, 3.05) is 5.73 Å². The van der Waals surface area contributed by atoms with E-state index in [-0.39, 0.29) is 0 Å². The van der Waals surface area contributed by atoms with Gasteiger partial charge in [0.2, 0.25) is 0 Å². The van der Waals surface area contributed by atoms with E-state index in [0.717, 1.165) is 30.4 Å². The minimum atomic E-state index is -0.692. The lowest BCUT2D eigenvalue weighted by Crippen LogP contribution is -2.35. The zero-order valence-corrected chi connectivity index (χ0v) is 7.75. The Morgan fingerprint density at radius 3 is 2.69 bits per heavy atom. The fourth-order valence-electron chi connectivity index (χ4n) is 1.95. The van der Waals surface area contributed by atoms with Gasteiger partial charge >= 0.3 is 0 Å². The smallest absolute Gasteiger partial charge is 0.129 e. The minimum Gasteiger partial charge on any atom is -0.385 e. The van der Waals surface area contributed by atoms with Gasteiger partial charge < -0.3 is 10.8 Å². The van der Waals surface area contributed by atoms with E-state index in [2.05, 4.69) is 4.98 Å². The van der Waals surface area contributed by atoms with Gasteiger partial charge in [0.15, 0.2) is 0 Å². The van der Waals surface area contributed by atoms with E-state index < -0.39 is 5.60 Å². The molecule has 0 bridgehead atoms. The van der Waals surface area contributed by atoms with Gasteiger partial charge in [0.05, 0.1) is 5.60 Å². The lowest BCUT2D eigenvalue weighted by molar-refractivity contribution is -0.0388. The van der Waals surface area contributed by atoms with Crippen LogP contribution in [-0.4, -0.2) is 10.1 Å². The second-order valence-corrected chi connectivity index (χ2v) is 3.77. The van der Waals surface area contributed by atoms with Crippen LogP contribution in [0.15, 0.2) is 12.3 Å². The van der Waals surface area contributed by atoms with Crippen LogP contribution >= 0.6 is 0 Å². The molecule has 1 aliphatic carbocycles. The van der Waals surface area contributed by atoms with E-state index in [0.29, 0.717) is 5.82 Å². The van der Waals surface area contributed by atoms with Crippen LogP contribution in [0.5, 0.6) is 0 Å². The lowest BCUT2D eigenvalue weighted by atomic mass is 9.74. The van der Waals surface area contributed by atoms with E-state index >= 15 is 0 Å². The number of aliphatic hydroxyl groups is 1. The standard InChI is InChI=1S/C10H14N2O/c1-7-3-6-12-9(11)8(7)10(13)4-2-5-10/h3,6,13H,2,4-5H2,1H3,(H2,11,12). The molecule has 1 aliphatic rings. The first-order chi connectivity index (χ1) is 6.13. The highest BCUT2D eigenvalue weighted by molar-refractivity contribution is 5.48. The number of hydrogen-bond acceptors (Lipinski definition) is 3. The highest BCUT2D eigenvalue weighted by Crippen LogP contribution is 2.43. The van der Waals surface area contributed by atoms with Gasteiger partial charge in [-0.1, -0.05) is 0 Å². The summed E-state index contributed by atoms with van der Waals surface area (Å²) in [5.41, 5.74) is 6.93. The predicted molar refractivity (Wildman–Crippen MR) is 51.1 cm³/mol. The predicted octanol–water partition coefficient (Wildman–Crippen LogP) is 1.34. The molecule has 0 unspecified atom stereocenters. The van der Waals surface area contributed by atoms with Crippen LogP contribution in [0, 0.1) is 6.92 Å². The topological polar surface area (TPSA) is 59.1 Å². The van der Waals surface area contributed by atoms with Crippen LogP contribution in [0.25, 0.3) is 0 Å². The van der Waals surface area contributed by atoms with Crippen molar-refractivity contribution in [2.45, 2.75) is 31.8 Å². The fraction of sp³-hybridized carbons (Fsp3) is 0.500. The number of nitrogens with two attached hydrogens (primary N) is 1. The molecule has 2 rings (SSSR count). The number of hydrogen-bond donors (Lipinski definition) is 2. The summed E-state index contributed by atoms with van der Waals surface area (Å²) in [6, 6.07) is 1.89. The van der Waals surface area contributed by atoms with E-state index in [1.54, 1.807) is 6.20 Å². The van der Waals surface area contributed by atoms with Crippen molar-refractivity contribution in [3.8, 4) is 0 Å². The van der Waals surface area contributed by atoms with Gasteiger partial charge in [-0.05, 0) is 37.8 Å². The van der Waals surface area contributed by atoms with Crippen molar-refractivity contribution < 1.29 is 5.11 Å². The van der Waals surface area contributed by atoms with Crippen LogP contribution in [0.3, 0.4) is 0 Å². The van der Waals surface area contributed by atoms with Crippen LogP contribution in [0.1, 0.15) is 30.4 Å². The molecule has 13 heavy (non-hydrogen) atoms. The maximum atomic E-state index is 10.1. The first-order valence-electron chi connectivity index (χ1n) is 4.57. The Morgan fingerprint density at radius 2 is 2.23 bits per heavy atom. The van der Waals surface area contributed by atoms with E-state index in [1.807, 2.05) is 13.0 Å². The highest BCUT2D eigenvalue weighted by Gasteiger charge is 2.39. The third-order valence-electron chi connectivity index (χ3n) is 2.83. The average molecular weight is 178 g/mol. The monoisotopic (exact) mass is 178 g/mol. The van der Waals surface area contributed by atoms with Gasteiger partial charge in [-0.15, -0.1) is 0 Å². The first-order valence-corrected chi connectivity index (χ1v) is 4.57. The zero-order valence-electron chi connectivity index (χ0n) is 7.75. The van der Waals surface area contributed by atoms with Crippen molar-refractivity contribution in [3.05, 3.63) is 23.4 Å². The van der Waals surface area contributed by atoms with Crippen LogP contribution in [-0.2, 0) is 5.60 Å². The summed E-state index contributed by atoms with van der Waals surface area (Å²) in [6.07, 6.45) is 4.37. The Labute approximate surface area is 77.6 Å².